The number of nitrogens with zero attached hydrogens (tertiary/aromatic N) is 1. The molecule has 1 atom stereocenters. The van der Waals surface area contributed by atoms with Crippen molar-refractivity contribution in [1.82, 2.24) is 10.3 Å². The molecule has 0 radical (unpaired) electrons. The van der Waals surface area contributed by atoms with Crippen LogP contribution in [0, 0.1) is 0 Å². The molecule has 24 heavy (non-hydrogen) atoms. The monoisotopic (exact) mass is 316 g/mol. The van der Waals surface area contributed by atoms with E-state index in [-0.39, 0.29) is 5.97 Å². The molecule has 4 nitrogen and oxygen atoms in total. The average Bonchev–Trinajstić information content (AvgIpc) is 2.95. The van der Waals surface area contributed by atoms with Gasteiger partial charge in [-0.2, -0.15) is 0 Å². The van der Waals surface area contributed by atoms with Crippen molar-refractivity contribution >= 4 is 5.97 Å². The number of carbonyl (C=O) groups excluding carboxylic acids is 1. The van der Waals surface area contributed by atoms with Crippen molar-refractivity contribution in [1.29, 1.82) is 0 Å². The molecule has 4 rings (SSSR count). The van der Waals surface area contributed by atoms with Crippen molar-refractivity contribution < 1.29 is 9.53 Å². The maximum Gasteiger partial charge on any atom is 0.340 e. The molecule has 0 amide bonds. The van der Waals surface area contributed by atoms with Crippen LogP contribution in [-0.2, 0) is 17.0 Å². The van der Waals surface area contributed by atoms with Crippen molar-refractivity contribution in [2.45, 2.75) is 12.3 Å². The van der Waals surface area contributed by atoms with Gasteiger partial charge in [-0.1, -0.05) is 54.6 Å². The van der Waals surface area contributed by atoms with Crippen LogP contribution in [-0.4, -0.2) is 11.0 Å². The zero-order chi connectivity index (χ0) is 16.4. The highest BCUT2D eigenvalue weighted by atomic mass is 16.6. The van der Waals surface area contributed by atoms with E-state index in [1.54, 1.807) is 18.5 Å². The van der Waals surface area contributed by atoms with Crippen LogP contribution in [0.4, 0.5) is 0 Å². The Hall–Kier alpha value is -2.98. The maximum absolute atomic E-state index is 12.4. The molecule has 0 fully saturated rings. The molecule has 0 aliphatic carbocycles. The number of fused-ring (bicyclic) bond motifs is 1. The third-order valence-electron chi connectivity index (χ3n) is 4.22. The minimum atomic E-state index is -0.981. The minimum Gasteiger partial charge on any atom is -0.431 e. The third kappa shape index (κ3) is 2.37. The van der Waals surface area contributed by atoms with Gasteiger partial charge in [-0.15, -0.1) is 0 Å². The molecule has 3 aromatic rings. The predicted molar refractivity (Wildman–Crippen MR) is 90.2 cm³/mol. The Balaban J connectivity index is 1.79. The smallest absolute Gasteiger partial charge is 0.340 e. The molecule has 4 heteroatoms. The van der Waals surface area contributed by atoms with E-state index in [1.165, 1.54) is 0 Å². The first-order valence-corrected chi connectivity index (χ1v) is 7.82. The number of cyclic esters (lactones) is 1. The Morgan fingerprint density at radius 3 is 2.54 bits per heavy atom. The molecule has 1 aliphatic heterocycles. The third-order valence-corrected chi connectivity index (χ3v) is 4.22. The largest absolute Gasteiger partial charge is 0.431 e. The van der Waals surface area contributed by atoms with Crippen LogP contribution in [0.5, 0.6) is 0 Å². The summed E-state index contributed by atoms with van der Waals surface area (Å²) >= 11 is 0. The van der Waals surface area contributed by atoms with Crippen LogP contribution in [0.25, 0.3) is 0 Å². The maximum atomic E-state index is 12.4. The fraction of sp³-hybridized carbons (Fsp3) is 0.100. The number of rotatable bonds is 4. The first-order valence-electron chi connectivity index (χ1n) is 7.82. The second-order valence-electron chi connectivity index (χ2n) is 5.70. The summed E-state index contributed by atoms with van der Waals surface area (Å²) in [6, 6.07) is 21.1. The van der Waals surface area contributed by atoms with Gasteiger partial charge in [-0.05, 0) is 17.7 Å². The van der Waals surface area contributed by atoms with Crippen LogP contribution in [0.1, 0.15) is 27.0 Å². The molecule has 0 saturated carbocycles. The summed E-state index contributed by atoms with van der Waals surface area (Å²) in [6.45, 7) is 0.532. The molecule has 1 N–H and O–H groups in total. The van der Waals surface area contributed by atoms with Crippen LogP contribution in [0.15, 0.2) is 79.1 Å². The van der Waals surface area contributed by atoms with Gasteiger partial charge in [0.2, 0.25) is 5.72 Å². The van der Waals surface area contributed by atoms with E-state index in [9.17, 15) is 4.79 Å². The van der Waals surface area contributed by atoms with E-state index < -0.39 is 5.72 Å². The molecule has 1 aromatic heterocycles. The van der Waals surface area contributed by atoms with E-state index in [2.05, 4.69) is 10.3 Å². The number of hydrogen-bond donors (Lipinski definition) is 1. The van der Waals surface area contributed by atoms with E-state index in [1.807, 2.05) is 60.7 Å². The van der Waals surface area contributed by atoms with Gasteiger partial charge in [0.05, 0.1) is 5.56 Å². The zero-order valence-corrected chi connectivity index (χ0v) is 13.0. The van der Waals surface area contributed by atoms with Gasteiger partial charge >= 0.3 is 5.97 Å². The molecule has 0 saturated heterocycles. The molecule has 1 unspecified atom stereocenters. The molecular formula is C20H16N2O2. The van der Waals surface area contributed by atoms with Gasteiger partial charge in [0.15, 0.2) is 0 Å². The fourth-order valence-electron chi connectivity index (χ4n) is 3.07. The Morgan fingerprint density at radius 1 is 0.958 bits per heavy atom. The zero-order valence-electron chi connectivity index (χ0n) is 13.0. The first kappa shape index (κ1) is 14.6. The summed E-state index contributed by atoms with van der Waals surface area (Å²) in [4.78, 5) is 16.5. The topological polar surface area (TPSA) is 51.2 Å². The van der Waals surface area contributed by atoms with Crippen molar-refractivity contribution in [2.24, 2.45) is 0 Å². The highest BCUT2D eigenvalue weighted by Crippen LogP contribution is 2.39. The Labute approximate surface area is 140 Å². The summed E-state index contributed by atoms with van der Waals surface area (Å²) in [7, 11) is 0. The molecule has 1 aliphatic rings. The predicted octanol–water partition coefficient (Wildman–Crippen LogP) is 3.24. The van der Waals surface area contributed by atoms with E-state index in [0.717, 1.165) is 16.7 Å². The van der Waals surface area contributed by atoms with Crippen molar-refractivity contribution in [2.75, 3.05) is 0 Å². The minimum absolute atomic E-state index is 0.312. The fourth-order valence-corrected chi connectivity index (χ4v) is 3.07. The molecular weight excluding hydrogens is 300 g/mol. The second kappa shape index (κ2) is 5.91. The summed E-state index contributed by atoms with van der Waals surface area (Å²) in [5.41, 5.74) is 2.37. The first-order chi connectivity index (χ1) is 11.8. The lowest BCUT2D eigenvalue weighted by Crippen LogP contribution is -2.43. The lowest BCUT2D eigenvalue weighted by Gasteiger charge is -2.30. The van der Waals surface area contributed by atoms with Gasteiger partial charge in [-0.3, -0.25) is 10.3 Å². The number of pyridine rings is 1. The van der Waals surface area contributed by atoms with Gasteiger partial charge < -0.3 is 4.74 Å². The number of esters is 1. The van der Waals surface area contributed by atoms with Gasteiger partial charge in [0.25, 0.3) is 0 Å². The summed E-state index contributed by atoms with van der Waals surface area (Å²) in [5, 5.41) is 3.43. The Bertz CT molecular complexity index is 865. The molecule has 2 heterocycles. The normalized spacial score (nSPS) is 18.9. The van der Waals surface area contributed by atoms with Crippen LogP contribution >= 0.6 is 0 Å². The molecule has 118 valence electrons. The number of carbonyl (C=O) groups is 1. The molecule has 2 aromatic carbocycles. The number of benzene rings is 2. The molecule has 0 spiro atoms. The van der Waals surface area contributed by atoms with Crippen molar-refractivity contribution in [3.05, 3.63) is 101 Å². The van der Waals surface area contributed by atoms with Gasteiger partial charge in [0, 0.05) is 30.1 Å². The van der Waals surface area contributed by atoms with Gasteiger partial charge in [0.1, 0.15) is 0 Å². The lowest BCUT2D eigenvalue weighted by molar-refractivity contribution is -0.00585. The quantitative estimate of drug-likeness (QED) is 0.751. The standard InChI is InChI=1S/C20H16N2O2/c23-19-17-10-4-5-11-18(17)20(24-19,16-8-2-1-3-9-16)22-14-15-7-6-12-21-13-15/h1-13,22H,14H2. The highest BCUT2D eigenvalue weighted by molar-refractivity contribution is 5.95. The number of ether oxygens (including phenoxy) is 1. The average molecular weight is 316 g/mol. The Morgan fingerprint density at radius 2 is 1.75 bits per heavy atom. The van der Waals surface area contributed by atoms with E-state index >= 15 is 0 Å². The SMILES string of the molecule is O=C1OC(NCc2cccnc2)(c2ccccc2)c2ccccc21. The number of hydrogen-bond acceptors (Lipinski definition) is 4. The van der Waals surface area contributed by atoms with Crippen molar-refractivity contribution in [3.8, 4) is 0 Å². The number of nitrogens with one attached hydrogen (secondary N) is 1. The lowest BCUT2D eigenvalue weighted by atomic mass is 9.92. The van der Waals surface area contributed by atoms with E-state index in [0.29, 0.717) is 12.1 Å². The molecule has 0 bridgehead atoms. The highest BCUT2D eigenvalue weighted by Gasteiger charge is 2.46. The van der Waals surface area contributed by atoms with Crippen LogP contribution in [0.2, 0.25) is 0 Å². The summed E-state index contributed by atoms with van der Waals surface area (Å²) in [6.07, 6.45) is 3.54. The second-order valence-corrected chi connectivity index (χ2v) is 5.70. The van der Waals surface area contributed by atoms with Crippen LogP contribution in [0.3, 0.4) is 0 Å². The van der Waals surface area contributed by atoms with Crippen molar-refractivity contribution in [3.63, 3.8) is 0 Å². The van der Waals surface area contributed by atoms with Gasteiger partial charge in [-0.25, -0.2) is 4.79 Å². The number of aromatic nitrogens is 1. The van der Waals surface area contributed by atoms with Crippen LogP contribution < -0.4 is 5.32 Å². The van der Waals surface area contributed by atoms with E-state index in [4.69, 9.17) is 4.74 Å². The summed E-state index contributed by atoms with van der Waals surface area (Å²) in [5.74, 6) is -0.312. The Kier molecular flexibility index (Phi) is 3.59. The summed E-state index contributed by atoms with van der Waals surface area (Å²) < 4.78 is 5.86.